The maximum Gasteiger partial charge on any atom is 0.305 e. The fourth-order valence-corrected chi connectivity index (χ4v) is 1.52. The highest BCUT2D eigenvalue weighted by Gasteiger charge is 2.17. The van der Waals surface area contributed by atoms with Crippen LogP contribution in [0.3, 0.4) is 0 Å². The first-order chi connectivity index (χ1) is 7.47. The summed E-state index contributed by atoms with van der Waals surface area (Å²) in [4.78, 5) is 10.5. The first-order valence-corrected chi connectivity index (χ1v) is 4.81. The monoisotopic (exact) mass is 225 g/mol. The average Bonchev–Trinajstić information content (AvgIpc) is 2.20. The van der Waals surface area contributed by atoms with Crippen molar-refractivity contribution in [2.75, 3.05) is 7.11 Å². The number of aromatic hydroxyl groups is 1. The molecule has 5 nitrogen and oxygen atoms in total. The molecule has 0 saturated heterocycles. The lowest BCUT2D eigenvalue weighted by molar-refractivity contribution is -0.137. The summed E-state index contributed by atoms with van der Waals surface area (Å²) in [6.45, 7) is 1.69. The van der Waals surface area contributed by atoms with Gasteiger partial charge in [0.1, 0.15) is 11.5 Å². The number of aliphatic carboxylic acids is 1. The van der Waals surface area contributed by atoms with E-state index in [0.717, 1.165) is 0 Å². The molecule has 0 spiro atoms. The molecule has 0 amide bonds. The third-order valence-electron chi connectivity index (χ3n) is 2.43. The van der Waals surface area contributed by atoms with Crippen LogP contribution >= 0.6 is 0 Å². The Morgan fingerprint density at radius 1 is 1.56 bits per heavy atom. The predicted molar refractivity (Wildman–Crippen MR) is 58.6 cm³/mol. The van der Waals surface area contributed by atoms with Crippen LogP contribution in [-0.2, 0) is 4.79 Å². The van der Waals surface area contributed by atoms with Gasteiger partial charge in [0.25, 0.3) is 0 Å². The van der Waals surface area contributed by atoms with Crippen molar-refractivity contribution in [2.24, 2.45) is 5.73 Å². The van der Waals surface area contributed by atoms with Crippen LogP contribution in [0.4, 0.5) is 0 Å². The Morgan fingerprint density at radius 3 is 2.69 bits per heavy atom. The lowest BCUT2D eigenvalue weighted by Crippen LogP contribution is -2.15. The van der Waals surface area contributed by atoms with E-state index in [4.69, 9.17) is 15.6 Å². The van der Waals surface area contributed by atoms with Gasteiger partial charge in [-0.2, -0.15) is 0 Å². The molecule has 0 aliphatic heterocycles. The van der Waals surface area contributed by atoms with Gasteiger partial charge in [-0.25, -0.2) is 0 Å². The fourth-order valence-electron chi connectivity index (χ4n) is 1.52. The lowest BCUT2D eigenvalue weighted by Gasteiger charge is -2.15. The van der Waals surface area contributed by atoms with Crippen LogP contribution in [0, 0.1) is 6.92 Å². The van der Waals surface area contributed by atoms with Crippen molar-refractivity contribution >= 4 is 5.97 Å². The zero-order valence-corrected chi connectivity index (χ0v) is 9.23. The Hall–Kier alpha value is -1.75. The van der Waals surface area contributed by atoms with Crippen molar-refractivity contribution < 1.29 is 19.7 Å². The van der Waals surface area contributed by atoms with Gasteiger partial charge in [-0.05, 0) is 13.0 Å². The first kappa shape index (κ1) is 12.3. The Bertz CT molecular complexity index is 403. The molecule has 0 fully saturated rings. The Morgan fingerprint density at radius 2 is 2.19 bits per heavy atom. The topological polar surface area (TPSA) is 92.8 Å². The largest absolute Gasteiger partial charge is 0.507 e. The average molecular weight is 225 g/mol. The lowest BCUT2D eigenvalue weighted by atomic mass is 10.0. The van der Waals surface area contributed by atoms with Gasteiger partial charge in [0, 0.05) is 17.2 Å². The molecule has 4 N–H and O–H groups in total. The van der Waals surface area contributed by atoms with E-state index in [1.807, 2.05) is 0 Å². The summed E-state index contributed by atoms with van der Waals surface area (Å²) in [5.74, 6) is -0.461. The Labute approximate surface area is 93.5 Å². The molecule has 0 heterocycles. The van der Waals surface area contributed by atoms with E-state index >= 15 is 0 Å². The van der Waals surface area contributed by atoms with Crippen LogP contribution in [0.2, 0.25) is 0 Å². The molecule has 0 bridgehead atoms. The minimum Gasteiger partial charge on any atom is -0.507 e. The maximum absolute atomic E-state index is 10.5. The second-order valence-electron chi connectivity index (χ2n) is 3.54. The summed E-state index contributed by atoms with van der Waals surface area (Å²) in [5.41, 5.74) is 6.65. The van der Waals surface area contributed by atoms with Gasteiger partial charge in [0.05, 0.1) is 13.5 Å². The molecule has 0 aromatic heterocycles. The number of phenols is 1. The van der Waals surface area contributed by atoms with E-state index in [1.54, 1.807) is 19.1 Å². The second-order valence-corrected chi connectivity index (χ2v) is 3.54. The molecule has 0 saturated carbocycles. The first-order valence-electron chi connectivity index (χ1n) is 4.81. The number of benzene rings is 1. The standard InChI is InChI=1S/C11H15NO4/c1-6-9(16-2)4-3-7(11(6)15)8(12)5-10(13)14/h3-4,8,15H,5,12H2,1-2H3,(H,13,14). The van der Waals surface area contributed by atoms with Crippen molar-refractivity contribution in [3.63, 3.8) is 0 Å². The Kier molecular flexibility index (Phi) is 3.73. The number of carboxylic acids is 1. The minimum absolute atomic E-state index is 0.00639. The quantitative estimate of drug-likeness (QED) is 0.715. The zero-order valence-electron chi connectivity index (χ0n) is 9.23. The van der Waals surface area contributed by atoms with E-state index in [2.05, 4.69) is 0 Å². The van der Waals surface area contributed by atoms with Gasteiger partial charge in [-0.15, -0.1) is 0 Å². The van der Waals surface area contributed by atoms with Crippen LogP contribution in [0.5, 0.6) is 11.5 Å². The number of hydrogen-bond acceptors (Lipinski definition) is 4. The van der Waals surface area contributed by atoms with E-state index in [-0.39, 0.29) is 12.2 Å². The van der Waals surface area contributed by atoms with Crippen LogP contribution in [0.15, 0.2) is 12.1 Å². The molecule has 0 aliphatic carbocycles. The highest BCUT2D eigenvalue weighted by atomic mass is 16.5. The number of methoxy groups -OCH3 is 1. The molecule has 0 radical (unpaired) electrons. The second kappa shape index (κ2) is 4.85. The third kappa shape index (κ3) is 2.43. The summed E-state index contributed by atoms with van der Waals surface area (Å²) in [7, 11) is 1.50. The van der Waals surface area contributed by atoms with Gasteiger partial charge in [-0.1, -0.05) is 6.07 Å². The van der Waals surface area contributed by atoms with Crippen LogP contribution in [-0.4, -0.2) is 23.3 Å². The summed E-state index contributed by atoms with van der Waals surface area (Å²) >= 11 is 0. The van der Waals surface area contributed by atoms with Gasteiger partial charge in [-0.3, -0.25) is 4.79 Å². The zero-order chi connectivity index (χ0) is 12.3. The molecular weight excluding hydrogens is 210 g/mol. The van der Waals surface area contributed by atoms with Crippen molar-refractivity contribution in [1.82, 2.24) is 0 Å². The van der Waals surface area contributed by atoms with Crippen molar-refractivity contribution in [1.29, 1.82) is 0 Å². The van der Waals surface area contributed by atoms with E-state index < -0.39 is 12.0 Å². The molecule has 16 heavy (non-hydrogen) atoms. The normalized spacial score (nSPS) is 12.2. The summed E-state index contributed by atoms with van der Waals surface area (Å²) in [6, 6.07) is 2.52. The molecule has 1 unspecified atom stereocenters. The Balaban J connectivity index is 3.06. The van der Waals surface area contributed by atoms with Crippen LogP contribution < -0.4 is 10.5 Å². The fraction of sp³-hybridized carbons (Fsp3) is 0.364. The van der Waals surface area contributed by atoms with E-state index in [9.17, 15) is 9.90 Å². The maximum atomic E-state index is 10.5. The smallest absolute Gasteiger partial charge is 0.305 e. The van der Waals surface area contributed by atoms with Crippen molar-refractivity contribution in [2.45, 2.75) is 19.4 Å². The summed E-state index contributed by atoms with van der Waals surface area (Å²) < 4.78 is 5.02. The van der Waals surface area contributed by atoms with Crippen molar-refractivity contribution in [3.8, 4) is 11.5 Å². The van der Waals surface area contributed by atoms with E-state index in [0.29, 0.717) is 16.9 Å². The molecule has 88 valence electrons. The highest BCUT2D eigenvalue weighted by Crippen LogP contribution is 2.33. The molecule has 1 aromatic carbocycles. The third-order valence-corrected chi connectivity index (χ3v) is 2.43. The number of ether oxygens (including phenoxy) is 1. The molecule has 1 aromatic rings. The number of nitrogens with two attached hydrogens (primary N) is 1. The number of hydrogen-bond donors (Lipinski definition) is 3. The van der Waals surface area contributed by atoms with Gasteiger partial charge in [0.15, 0.2) is 0 Å². The van der Waals surface area contributed by atoms with Crippen molar-refractivity contribution in [3.05, 3.63) is 23.3 Å². The molecule has 0 aliphatic rings. The summed E-state index contributed by atoms with van der Waals surface area (Å²) in [6.07, 6.45) is -0.223. The summed E-state index contributed by atoms with van der Waals surface area (Å²) in [5, 5.41) is 18.5. The number of rotatable bonds is 4. The minimum atomic E-state index is -1.000. The van der Waals surface area contributed by atoms with Gasteiger partial charge in [0.2, 0.25) is 0 Å². The molecule has 5 heteroatoms. The van der Waals surface area contributed by atoms with Crippen LogP contribution in [0.1, 0.15) is 23.6 Å². The van der Waals surface area contributed by atoms with Gasteiger partial charge < -0.3 is 20.7 Å². The number of carboxylic acid groups (broad SMARTS) is 1. The molecule has 1 atom stereocenters. The number of phenolic OH excluding ortho intramolecular Hbond substituents is 1. The molecule has 1 rings (SSSR count). The van der Waals surface area contributed by atoms with Crippen LogP contribution in [0.25, 0.3) is 0 Å². The molecular formula is C11H15NO4. The van der Waals surface area contributed by atoms with E-state index in [1.165, 1.54) is 7.11 Å². The van der Waals surface area contributed by atoms with Gasteiger partial charge >= 0.3 is 5.97 Å². The SMILES string of the molecule is COc1ccc(C(N)CC(=O)O)c(O)c1C. The highest BCUT2D eigenvalue weighted by molar-refractivity contribution is 5.68. The number of carbonyl (C=O) groups is 1. The predicted octanol–water partition coefficient (Wildman–Crippen LogP) is 1.18.